The maximum absolute atomic E-state index is 16.4. The maximum Gasteiger partial charge on any atom is 0.225 e. The summed E-state index contributed by atoms with van der Waals surface area (Å²) in [7, 11) is 0. The first-order valence-electron chi connectivity index (χ1n) is 17.9. The number of ether oxygens (including phenoxy) is 6. The molecule has 5 aromatic carbocycles. The third-order valence-corrected chi connectivity index (χ3v) is 10.3. The highest BCUT2D eigenvalue weighted by molar-refractivity contribution is 6.31. The van der Waals surface area contributed by atoms with Crippen LogP contribution in [0.5, 0.6) is 5.75 Å². The molecule has 6 nitrogen and oxygen atoms in total. The Labute approximate surface area is 310 Å². The van der Waals surface area contributed by atoms with Crippen molar-refractivity contribution >= 4 is 11.6 Å². The van der Waals surface area contributed by atoms with Gasteiger partial charge in [-0.3, -0.25) is 0 Å². The molecule has 52 heavy (non-hydrogen) atoms. The van der Waals surface area contributed by atoms with E-state index < -0.39 is 35.9 Å². The van der Waals surface area contributed by atoms with Crippen molar-refractivity contribution in [2.24, 2.45) is 0 Å². The molecule has 0 amide bonds. The van der Waals surface area contributed by atoms with Crippen molar-refractivity contribution in [3.63, 3.8) is 0 Å². The smallest absolute Gasteiger partial charge is 0.225 e. The van der Waals surface area contributed by atoms with Gasteiger partial charge in [0.15, 0.2) is 5.60 Å². The Balaban J connectivity index is 1.30. The third-order valence-electron chi connectivity index (χ3n) is 9.89. The monoisotopic (exact) mass is 722 g/mol. The molecule has 5 aromatic rings. The van der Waals surface area contributed by atoms with Crippen LogP contribution in [0.25, 0.3) is 0 Å². The zero-order valence-electron chi connectivity index (χ0n) is 29.5. The molecular formula is C44H44ClFO6. The van der Waals surface area contributed by atoms with E-state index in [1.807, 2.05) is 140 Å². The molecule has 2 aliphatic rings. The Morgan fingerprint density at radius 1 is 0.712 bits per heavy atom. The second-order valence-corrected chi connectivity index (χ2v) is 13.8. The third kappa shape index (κ3) is 7.67. The van der Waals surface area contributed by atoms with Crippen LogP contribution in [0.4, 0.5) is 4.39 Å². The van der Waals surface area contributed by atoms with Gasteiger partial charge in [0.1, 0.15) is 30.2 Å². The van der Waals surface area contributed by atoms with Gasteiger partial charge in [-0.1, -0.05) is 121 Å². The van der Waals surface area contributed by atoms with Gasteiger partial charge in [-0.2, -0.15) is 0 Å². The molecule has 2 heterocycles. The largest absolute Gasteiger partial charge is 0.494 e. The van der Waals surface area contributed by atoms with E-state index in [1.165, 1.54) is 6.92 Å². The van der Waals surface area contributed by atoms with Crippen molar-refractivity contribution in [2.45, 2.75) is 76.0 Å². The van der Waals surface area contributed by atoms with Crippen molar-refractivity contribution in [3.05, 3.63) is 172 Å². The Hall–Kier alpha value is -4.08. The molecule has 2 aliphatic heterocycles. The fourth-order valence-corrected chi connectivity index (χ4v) is 7.33. The van der Waals surface area contributed by atoms with Gasteiger partial charge in [-0.15, -0.1) is 0 Å². The zero-order chi connectivity index (χ0) is 36.0. The molecule has 0 saturated carbocycles. The first kappa shape index (κ1) is 36.3. The van der Waals surface area contributed by atoms with Crippen molar-refractivity contribution in [2.75, 3.05) is 13.2 Å². The van der Waals surface area contributed by atoms with Gasteiger partial charge in [0, 0.05) is 10.6 Å². The summed E-state index contributed by atoms with van der Waals surface area (Å²) in [6.07, 6.45) is -3.49. The lowest BCUT2D eigenvalue weighted by Crippen LogP contribution is -2.68. The predicted molar refractivity (Wildman–Crippen MR) is 199 cm³/mol. The number of alkyl halides is 1. The van der Waals surface area contributed by atoms with Crippen molar-refractivity contribution < 1.29 is 32.8 Å². The molecule has 0 aromatic heterocycles. The summed E-state index contributed by atoms with van der Waals surface area (Å²) in [5.74, 6) is -0.734. The molecule has 0 spiro atoms. The first-order valence-corrected chi connectivity index (χ1v) is 18.2. The Bertz CT molecular complexity index is 1880. The van der Waals surface area contributed by atoms with E-state index in [2.05, 4.69) is 0 Å². The number of hydrogen-bond acceptors (Lipinski definition) is 6. The van der Waals surface area contributed by atoms with Crippen LogP contribution in [0.2, 0.25) is 5.02 Å². The zero-order valence-corrected chi connectivity index (χ0v) is 30.2. The minimum atomic E-state index is -1.54. The molecule has 2 bridgehead atoms. The van der Waals surface area contributed by atoms with Gasteiger partial charge in [0.05, 0.1) is 33.0 Å². The number of fused-ring (bicyclic) bond motifs is 2. The summed E-state index contributed by atoms with van der Waals surface area (Å²) in [5, 5.41) is 0.593. The highest BCUT2D eigenvalue weighted by atomic mass is 35.5. The minimum Gasteiger partial charge on any atom is -0.494 e. The molecule has 2 fully saturated rings. The average Bonchev–Trinajstić information content (AvgIpc) is 3.55. The van der Waals surface area contributed by atoms with Gasteiger partial charge in [-0.25, -0.2) is 4.39 Å². The Morgan fingerprint density at radius 2 is 1.27 bits per heavy atom. The normalized spacial score (nSPS) is 24.4. The lowest BCUT2D eigenvalue weighted by atomic mass is 9.80. The molecule has 270 valence electrons. The maximum atomic E-state index is 16.4. The highest BCUT2D eigenvalue weighted by Crippen LogP contribution is 2.55. The fraction of sp³-hybridized carbons (Fsp3) is 0.318. The summed E-state index contributed by atoms with van der Waals surface area (Å²) in [6.45, 7) is 4.69. The topological polar surface area (TPSA) is 55.4 Å². The van der Waals surface area contributed by atoms with E-state index in [4.69, 9.17) is 40.0 Å². The second-order valence-electron chi connectivity index (χ2n) is 13.4. The van der Waals surface area contributed by atoms with Crippen LogP contribution in [0.15, 0.2) is 133 Å². The van der Waals surface area contributed by atoms with Crippen LogP contribution in [0.1, 0.15) is 47.2 Å². The molecule has 8 heteroatoms. The molecule has 0 radical (unpaired) electrons. The standard InChI is InChI=1S/C44H44ClFO6/c1-3-47-38-22-19-32(20-23-38)25-36-26-37(21-24-39(36)45)44-42(50-29-35-17-11-6-12-18-35)40(48-27-33-13-7-4-8-14-33)41(43(52-44,30-51-44)31(2)46)49-28-34-15-9-5-10-16-34/h4-24,26,31,40-42H,3,25,27-30H2,1-2H3/t31-,40-,41-,42+,43+,44-/m0/s1. The van der Waals surface area contributed by atoms with E-state index in [1.54, 1.807) is 0 Å². The minimum absolute atomic E-state index is 0.0721. The van der Waals surface area contributed by atoms with E-state index >= 15 is 4.39 Å². The van der Waals surface area contributed by atoms with Crippen LogP contribution >= 0.6 is 11.6 Å². The molecule has 0 unspecified atom stereocenters. The molecule has 6 atom stereocenters. The van der Waals surface area contributed by atoms with E-state index in [-0.39, 0.29) is 26.4 Å². The lowest BCUT2D eigenvalue weighted by Gasteiger charge is -2.51. The predicted octanol–water partition coefficient (Wildman–Crippen LogP) is 9.40. The lowest BCUT2D eigenvalue weighted by molar-refractivity contribution is -0.356. The highest BCUT2D eigenvalue weighted by Gasteiger charge is 2.71. The van der Waals surface area contributed by atoms with Gasteiger partial charge < -0.3 is 28.4 Å². The van der Waals surface area contributed by atoms with Crippen molar-refractivity contribution in [1.82, 2.24) is 0 Å². The second kappa shape index (κ2) is 16.3. The van der Waals surface area contributed by atoms with E-state index in [9.17, 15) is 0 Å². The van der Waals surface area contributed by atoms with Gasteiger partial charge in [0.25, 0.3) is 0 Å². The SMILES string of the molecule is CCOc1ccc(Cc2cc([C@]34OC[C@]([C@H](C)F)(O3)[C@@H](OCc3ccccc3)[C@H](OCc3ccccc3)[C@H]4OCc3ccccc3)ccc2Cl)cc1. The molecule has 2 saturated heterocycles. The number of hydrogen-bond donors (Lipinski definition) is 0. The summed E-state index contributed by atoms with van der Waals surface area (Å²) in [6, 6.07) is 43.3. The summed E-state index contributed by atoms with van der Waals surface area (Å²) in [4.78, 5) is 0. The Morgan fingerprint density at radius 3 is 1.83 bits per heavy atom. The summed E-state index contributed by atoms with van der Waals surface area (Å²) >= 11 is 6.85. The average molecular weight is 723 g/mol. The Kier molecular flexibility index (Phi) is 11.4. The van der Waals surface area contributed by atoms with Crippen LogP contribution in [-0.4, -0.2) is 43.3 Å². The summed E-state index contributed by atoms with van der Waals surface area (Å²) < 4.78 is 56.2. The summed E-state index contributed by atoms with van der Waals surface area (Å²) in [5.41, 5.74) is 3.94. The van der Waals surface area contributed by atoms with Gasteiger partial charge in [0.2, 0.25) is 5.79 Å². The number of benzene rings is 5. The van der Waals surface area contributed by atoms with Crippen molar-refractivity contribution in [1.29, 1.82) is 0 Å². The van der Waals surface area contributed by atoms with Crippen LogP contribution in [0, 0.1) is 0 Å². The fourth-order valence-electron chi connectivity index (χ4n) is 7.14. The first-order chi connectivity index (χ1) is 25.4. The number of halogens is 2. The van der Waals surface area contributed by atoms with Gasteiger partial charge >= 0.3 is 0 Å². The molecule has 7 rings (SSSR count). The number of rotatable bonds is 15. The quantitative estimate of drug-likeness (QED) is 0.107. The van der Waals surface area contributed by atoms with Crippen LogP contribution < -0.4 is 4.74 Å². The molecular weight excluding hydrogens is 679 g/mol. The van der Waals surface area contributed by atoms with E-state index in [0.717, 1.165) is 33.6 Å². The van der Waals surface area contributed by atoms with Crippen LogP contribution in [0.3, 0.4) is 0 Å². The van der Waals surface area contributed by atoms with E-state index in [0.29, 0.717) is 23.6 Å². The van der Waals surface area contributed by atoms with Crippen LogP contribution in [-0.2, 0) is 55.7 Å². The van der Waals surface area contributed by atoms with Gasteiger partial charge in [-0.05, 0) is 72.4 Å². The van der Waals surface area contributed by atoms with Crippen molar-refractivity contribution in [3.8, 4) is 5.75 Å². The molecule has 0 aliphatic carbocycles. The molecule has 0 N–H and O–H groups in total.